The summed E-state index contributed by atoms with van der Waals surface area (Å²) in [6, 6.07) is 13.3. The van der Waals surface area contributed by atoms with Crippen molar-refractivity contribution in [3.05, 3.63) is 70.8 Å². The summed E-state index contributed by atoms with van der Waals surface area (Å²) in [5, 5.41) is 3.16. The zero-order chi connectivity index (χ0) is 15.5. The lowest BCUT2D eigenvalue weighted by molar-refractivity contribution is -0.137. The van der Waals surface area contributed by atoms with Crippen LogP contribution in [-0.4, -0.2) is 7.05 Å². The second-order valence-electron chi connectivity index (χ2n) is 4.94. The zero-order valence-electron chi connectivity index (χ0n) is 12.0. The number of alkyl halides is 3. The third kappa shape index (κ3) is 3.64. The van der Waals surface area contributed by atoms with Crippen molar-refractivity contribution in [1.82, 2.24) is 5.32 Å². The molecule has 0 bridgehead atoms. The smallest absolute Gasteiger partial charge is 0.309 e. The van der Waals surface area contributed by atoms with Crippen molar-refractivity contribution >= 4 is 0 Å². The first-order chi connectivity index (χ1) is 9.95. The van der Waals surface area contributed by atoms with Crippen molar-refractivity contribution in [3.8, 4) is 0 Å². The third-order valence-corrected chi connectivity index (χ3v) is 3.55. The largest absolute Gasteiger partial charge is 0.416 e. The highest BCUT2D eigenvalue weighted by molar-refractivity contribution is 5.36. The topological polar surface area (TPSA) is 12.0 Å². The summed E-state index contributed by atoms with van der Waals surface area (Å²) in [6.07, 6.45) is -3.37. The molecule has 1 nitrogen and oxygen atoms in total. The Kier molecular flexibility index (Phi) is 4.68. The van der Waals surface area contributed by atoms with Crippen LogP contribution in [-0.2, 0) is 12.6 Å². The second kappa shape index (κ2) is 6.31. The summed E-state index contributed by atoms with van der Waals surface area (Å²) >= 11 is 0. The minimum Gasteiger partial charge on any atom is -0.309 e. The SMILES string of the molecule is CCc1cccc(C(NC)c2ccc(C(F)(F)F)cc2)c1. The van der Waals surface area contributed by atoms with E-state index in [-0.39, 0.29) is 6.04 Å². The van der Waals surface area contributed by atoms with Crippen LogP contribution in [0.3, 0.4) is 0 Å². The van der Waals surface area contributed by atoms with Gasteiger partial charge < -0.3 is 5.32 Å². The van der Waals surface area contributed by atoms with E-state index < -0.39 is 11.7 Å². The molecule has 21 heavy (non-hydrogen) atoms. The van der Waals surface area contributed by atoms with Crippen LogP contribution in [0.25, 0.3) is 0 Å². The molecule has 0 spiro atoms. The van der Waals surface area contributed by atoms with Crippen LogP contribution in [0.2, 0.25) is 0 Å². The van der Waals surface area contributed by atoms with E-state index in [1.165, 1.54) is 17.7 Å². The van der Waals surface area contributed by atoms with Gasteiger partial charge >= 0.3 is 6.18 Å². The van der Waals surface area contributed by atoms with Gasteiger partial charge in [-0.25, -0.2) is 0 Å². The van der Waals surface area contributed by atoms with Crippen LogP contribution in [0.15, 0.2) is 48.5 Å². The highest BCUT2D eigenvalue weighted by atomic mass is 19.4. The van der Waals surface area contributed by atoms with Gasteiger partial charge in [0.25, 0.3) is 0 Å². The molecule has 2 aromatic rings. The molecule has 0 heterocycles. The molecule has 1 atom stereocenters. The van der Waals surface area contributed by atoms with E-state index in [4.69, 9.17) is 0 Å². The van der Waals surface area contributed by atoms with Crippen molar-refractivity contribution in [2.24, 2.45) is 0 Å². The van der Waals surface area contributed by atoms with Gasteiger partial charge in [-0.2, -0.15) is 13.2 Å². The van der Waals surface area contributed by atoms with E-state index in [0.717, 1.165) is 29.7 Å². The molecule has 0 aromatic heterocycles. The van der Waals surface area contributed by atoms with Gasteiger partial charge in [0, 0.05) is 0 Å². The Hall–Kier alpha value is -1.81. The third-order valence-electron chi connectivity index (χ3n) is 3.55. The summed E-state index contributed by atoms with van der Waals surface area (Å²) in [4.78, 5) is 0. The van der Waals surface area contributed by atoms with Crippen LogP contribution in [0, 0.1) is 0 Å². The normalized spacial score (nSPS) is 13.2. The average molecular weight is 293 g/mol. The Labute approximate surface area is 122 Å². The number of hydrogen-bond donors (Lipinski definition) is 1. The van der Waals surface area contributed by atoms with Crippen LogP contribution in [0.4, 0.5) is 13.2 Å². The molecule has 1 unspecified atom stereocenters. The lowest BCUT2D eigenvalue weighted by atomic mass is 9.96. The molecule has 0 aliphatic rings. The first-order valence-corrected chi connectivity index (χ1v) is 6.89. The molecule has 4 heteroatoms. The maximum Gasteiger partial charge on any atom is 0.416 e. The fraction of sp³-hybridized carbons (Fsp3) is 0.294. The minimum absolute atomic E-state index is 0.112. The Morgan fingerprint density at radius 2 is 1.67 bits per heavy atom. The number of halogens is 3. The van der Waals surface area contributed by atoms with Crippen LogP contribution >= 0.6 is 0 Å². The first-order valence-electron chi connectivity index (χ1n) is 6.89. The average Bonchev–Trinajstić information content (AvgIpc) is 2.48. The summed E-state index contributed by atoms with van der Waals surface area (Å²) in [5.74, 6) is 0. The van der Waals surface area contributed by atoms with Crippen molar-refractivity contribution in [1.29, 1.82) is 0 Å². The van der Waals surface area contributed by atoms with Crippen molar-refractivity contribution in [3.63, 3.8) is 0 Å². The first kappa shape index (κ1) is 15.6. The Balaban J connectivity index is 2.32. The molecule has 0 amide bonds. The van der Waals surface area contributed by atoms with Gasteiger partial charge in [-0.05, 0) is 42.3 Å². The van der Waals surface area contributed by atoms with E-state index in [2.05, 4.69) is 18.3 Å². The number of benzene rings is 2. The molecule has 0 saturated heterocycles. The molecule has 2 aromatic carbocycles. The van der Waals surface area contributed by atoms with Gasteiger partial charge in [0.1, 0.15) is 0 Å². The van der Waals surface area contributed by atoms with E-state index in [1.807, 2.05) is 18.2 Å². The van der Waals surface area contributed by atoms with Gasteiger partial charge in [-0.1, -0.05) is 43.3 Å². The minimum atomic E-state index is -4.30. The molecular formula is C17H18F3N. The second-order valence-corrected chi connectivity index (χ2v) is 4.94. The predicted molar refractivity (Wildman–Crippen MR) is 78.2 cm³/mol. The maximum absolute atomic E-state index is 12.6. The number of hydrogen-bond acceptors (Lipinski definition) is 1. The lowest BCUT2D eigenvalue weighted by Gasteiger charge is -2.19. The highest BCUT2D eigenvalue weighted by Crippen LogP contribution is 2.31. The van der Waals surface area contributed by atoms with E-state index >= 15 is 0 Å². The summed E-state index contributed by atoms with van der Waals surface area (Å²) in [5.41, 5.74) is 2.46. The van der Waals surface area contributed by atoms with Gasteiger partial charge in [-0.15, -0.1) is 0 Å². The van der Waals surface area contributed by atoms with Gasteiger partial charge in [0.15, 0.2) is 0 Å². The monoisotopic (exact) mass is 293 g/mol. The van der Waals surface area contributed by atoms with Crippen LogP contribution in [0.5, 0.6) is 0 Å². The fourth-order valence-electron chi connectivity index (χ4n) is 2.38. The summed E-state index contributed by atoms with van der Waals surface area (Å²) in [6.45, 7) is 2.08. The number of rotatable bonds is 4. The fourth-order valence-corrected chi connectivity index (χ4v) is 2.38. The maximum atomic E-state index is 12.6. The summed E-state index contributed by atoms with van der Waals surface area (Å²) < 4.78 is 37.8. The molecule has 0 radical (unpaired) electrons. The molecule has 0 aliphatic heterocycles. The van der Waals surface area contributed by atoms with Crippen molar-refractivity contribution in [2.75, 3.05) is 7.05 Å². The number of nitrogens with one attached hydrogen (secondary N) is 1. The predicted octanol–water partition coefficient (Wildman–Crippen LogP) is 4.58. The van der Waals surface area contributed by atoms with E-state index in [1.54, 1.807) is 7.05 Å². The van der Waals surface area contributed by atoms with E-state index in [0.29, 0.717) is 0 Å². The Morgan fingerprint density at radius 3 is 2.19 bits per heavy atom. The molecular weight excluding hydrogens is 275 g/mol. The van der Waals surface area contributed by atoms with Crippen molar-refractivity contribution < 1.29 is 13.2 Å². The quantitative estimate of drug-likeness (QED) is 0.870. The van der Waals surface area contributed by atoms with Crippen LogP contribution < -0.4 is 5.32 Å². The standard InChI is InChI=1S/C17H18F3N/c1-3-12-5-4-6-14(11-12)16(21-2)13-7-9-15(10-8-13)17(18,19)20/h4-11,16,21H,3H2,1-2H3. The summed E-state index contributed by atoms with van der Waals surface area (Å²) in [7, 11) is 1.81. The molecule has 0 fully saturated rings. The number of aryl methyl sites for hydroxylation is 1. The molecule has 112 valence electrons. The van der Waals surface area contributed by atoms with Crippen LogP contribution in [0.1, 0.15) is 35.2 Å². The Morgan fingerprint density at radius 1 is 1.00 bits per heavy atom. The molecule has 2 rings (SSSR count). The lowest BCUT2D eigenvalue weighted by Crippen LogP contribution is -2.18. The molecule has 0 aliphatic carbocycles. The van der Waals surface area contributed by atoms with Gasteiger partial charge in [0.2, 0.25) is 0 Å². The van der Waals surface area contributed by atoms with E-state index in [9.17, 15) is 13.2 Å². The van der Waals surface area contributed by atoms with Gasteiger partial charge in [-0.3, -0.25) is 0 Å². The molecule has 0 saturated carbocycles. The zero-order valence-corrected chi connectivity index (χ0v) is 12.0. The Bertz CT molecular complexity index is 588. The van der Waals surface area contributed by atoms with Crippen molar-refractivity contribution in [2.45, 2.75) is 25.6 Å². The van der Waals surface area contributed by atoms with Gasteiger partial charge in [0.05, 0.1) is 11.6 Å². The highest BCUT2D eigenvalue weighted by Gasteiger charge is 2.30. The molecule has 1 N–H and O–H groups in total.